The van der Waals surface area contributed by atoms with Gasteiger partial charge in [0.05, 0.1) is 18.3 Å². The predicted octanol–water partition coefficient (Wildman–Crippen LogP) is 2.30. The maximum Gasteiger partial charge on any atom is 0.245 e. The third-order valence-electron chi connectivity index (χ3n) is 3.60. The van der Waals surface area contributed by atoms with Crippen LogP contribution in [0, 0.1) is 18.7 Å². The van der Waals surface area contributed by atoms with Gasteiger partial charge < -0.3 is 16.4 Å². The number of thiazole rings is 1. The summed E-state index contributed by atoms with van der Waals surface area (Å²) in [4.78, 5) is 29.0. The van der Waals surface area contributed by atoms with E-state index < -0.39 is 6.04 Å². The van der Waals surface area contributed by atoms with E-state index >= 15 is 0 Å². The molecule has 1 aromatic carbocycles. The van der Waals surface area contributed by atoms with Gasteiger partial charge in [-0.1, -0.05) is 13.8 Å². The van der Waals surface area contributed by atoms with Crippen LogP contribution in [0.5, 0.6) is 0 Å². The number of nitrogens with one attached hydrogen (secondary N) is 2. The number of hydrogen-bond acceptors (Lipinski definition) is 5. The Balaban J connectivity index is 1.97. The van der Waals surface area contributed by atoms with Crippen molar-refractivity contribution in [3.8, 4) is 11.3 Å². The summed E-state index contributed by atoms with van der Waals surface area (Å²) in [7, 11) is 0. The second kappa shape index (κ2) is 8.17. The van der Waals surface area contributed by atoms with Crippen molar-refractivity contribution in [3.63, 3.8) is 0 Å². The largest absolute Gasteiger partial charge is 0.346 e. The van der Waals surface area contributed by atoms with E-state index in [1.54, 1.807) is 12.1 Å². The molecule has 25 heavy (non-hydrogen) atoms. The highest BCUT2D eigenvalue weighted by molar-refractivity contribution is 7.16. The summed E-state index contributed by atoms with van der Waals surface area (Å²) in [5.41, 5.74) is 7.17. The first kappa shape index (κ1) is 19.0. The van der Waals surface area contributed by atoms with Crippen molar-refractivity contribution < 1.29 is 14.0 Å². The molecule has 0 spiro atoms. The zero-order valence-electron chi connectivity index (χ0n) is 14.3. The van der Waals surface area contributed by atoms with Crippen molar-refractivity contribution in [2.24, 2.45) is 11.7 Å². The maximum atomic E-state index is 13.0. The van der Waals surface area contributed by atoms with Crippen LogP contribution in [0.25, 0.3) is 11.3 Å². The Morgan fingerprint density at radius 1 is 1.28 bits per heavy atom. The molecule has 1 atom stereocenters. The van der Waals surface area contributed by atoms with Crippen LogP contribution in [-0.2, 0) is 9.59 Å². The number of hydrogen-bond donors (Lipinski definition) is 3. The minimum atomic E-state index is -0.653. The van der Waals surface area contributed by atoms with Crippen molar-refractivity contribution >= 4 is 28.3 Å². The van der Waals surface area contributed by atoms with Crippen LogP contribution in [0.3, 0.4) is 0 Å². The summed E-state index contributed by atoms with van der Waals surface area (Å²) >= 11 is 1.31. The van der Waals surface area contributed by atoms with E-state index in [1.165, 1.54) is 23.5 Å². The highest BCUT2D eigenvalue weighted by Gasteiger charge is 2.18. The predicted molar refractivity (Wildman–Crippen MR) is 96.7 cm³/mol. The molecule has 0 saturated carbocycles. The molecule has 6 nitrogen and oxygen atoms in total. The molecule has 8 heteroatoms. The van der Waals surface area contributed by atoms with Gasteiger partial charge in [0.25, 0.3) is 0 Å². The summed E-state index contributed by atoms with van der Waals surface area (Å²) in [6, 6.07) is 5.34. The quantitative estimate of drug-likeness (QED) is 0.733. The van der Waals surface area contributed by atoms with Gasteiger partial charge in [0.15, 0.2) is 5.13 Å². The van der Waals surface area contributed by atoms with Crippen molar-refractivity contribution in [3.05, 3.63) is 35.0 Å². The Hall–Kier alpha value is -2.32. The Kier molecular flexibility index (Phi) is 6.22. The van der Waals surface area contributed by atoms with Crippen LogP contribution in [-0.4, -0.2) is 29.4 Å². The van der Waals surface area contributed by atoms with Gasteiger partial charge in [-0.05, 0) is 37.1 Å². The van der Waals surface area contributed by atoms with Gasteiger partial charge in [-0.15, -0.1) is 11.3 Å². The van der Waals surface area contributed by atoms with Gasteiger partial charge in [-0.25, -0.2) is 9.37 Å². The lowest BCUT2D eigenvalue weighted by Crippen LogP contribution is -2.46. The fraction of sp³-hybridized carbons (Fsp3) is 0.353. The van der Waals surface area contributed by atoms with Crippen LogP contribution in [0.4, 0.5) is 9.52 Å². The van der Waals surface area contributed by atoms with E-state index in [0.717, 1.165) is 10.4 Å². The first-order chi connectivity index (χ1) is 11.8. The van der Waals surface area contributed by atoms with Gasteiger partial charge in [0.1, 0.15) is 5.82 Å². The van der Waals surface area contributed by atoms with Gasteiger partial charge in [0, 0.05) is 10.4 Å². The number of amides is 2. The van der Waals surface area contributed by atoms with Gasteiger partial charge in [-0.2, -0.15) is 0 Å². The maximum absolute atomic E-state index is 13.0. The molecule has 1 heterocycles. The van der Waals surface area contributed by atoms with Crippen LogP contribution in [0.15, 0.2) is 24.3 Å². The Labute approximate surface area is 149 Å². The fourth-order valence-electron chi connectivity index (χ4n) is 2.08. The van der Waals surface area contributed by atoms with Crippen LogP contribution in [0.2, 0.25) is 0 Å². The van der Waals surface area contributed by atoms with Crippen LogP contribution < -0.4 is 16.4 Å². The molecule has 0 unspecified atom stereocenters. The molecule has 0 bridgehead atoms. The van der Waals surface area contributed by atoms with E-state index in [0.29, 0.717) is 10.8 Å². The van der Waals surface area contributed by atoms with Gasteiger partial charge in [-0.3, -0.25) is 9.59 Å². The second-order valence-corrected chi connectivity index (χ2v) is 7.17. The van der Waals surface area contributed by atoms with Gasteiger partial charge in [0.2, 0.25) is 11.8 Å². The molecule has 2 amide bonds. The van der Waals surface area contributed by atoms with Crippen LogP contribution in [0.1, 0.15) is 18.7 Å². The molecule has 2 aromatic rings. The molecule has 0 aliphatic heterocycles. The number of nitrogens with two attached hydrogens (primary N) is 1. The smallest absolute Gasteiger partial charge is 0.245 e. The van der Waals surface area contributed by atoms with Crippen molar-refractivity contribution in [2.45, 2.75) is 26.8 Å². The number of carbonyl (C=O) groups is 2. The lowest BCUT2D eigenvalue weighted by atomic mass is 10.1. The van der Waals surface area contributed by atoms with Gasteiger partial charge >= 0.3 is 0 Å². The minimum Gasteiger partial charge on any atom is -0.346 e. The lowest BCUT2D eigenvalue weighted by Gasteiger charge is -2.14. The molecule has 0 fully saturated rings. The van der Waals surface area contributed by atoms with E-state index in [2.05, 4.69) is 15.6 Å². The molecule has 2 rings (SSSR count). The summed E-state index contributed by atoms with van der Waals surface area (Å²) < 4.78 is 13.0. The molecular weight excluding hydrogens is 343 g/mol. The summed E-state index contributed by atoms with van der Waals surface area (Å²) in [6.45, 7) is 5.36. The molecular formula is C17H21FN4O2S. The summed E-state index contributed by atoms with van der Waals surface area (Å²) in [5, 5.41) is 5.57. The van der Waals surface area contributed by atoms with E-state index in [4.69, 9.17) is 5.73 Å². The van der Waals surface area contributed by atoms with Crippen LogP contribution >= 0.6 is 11.3 Å². The number of aryl methyl sites for hydroxylation is 1. The third kappa shape index (κ3) is 5.07. The molecule has 0 aliphatic rings. The Bertz CT molecular complexity index is 759. The molecule has 4 N–H and O–H groups in total. The average Bonchev–Trinajstić information content (AvgIpc) is 2.92. The van der Waals surface area contributed by atoms with Crippen molar-refractivity contribution in [1.29, 1.82) is 0 Å². The number of aromatic nitrogens is 1. The number of carbonyl (C=O) groups excluding carboxylic acids is 2. The van der Waals surface area contributed by atoms with Crippen molar-refractivity contribution in [1.82, 2.24) is 10.3 Å². The number of nitrogens with zero attached hydrogens (tertiary/aromatic N) is 1. The summed E-state index contributed by atoms with van der Waals surface area (Å²) in [5.74, 6) is -1.08. The van der Waals surface area contributed by atoms with E-state index in [9.17, 15) is 14.0 Å². The lowest BCUT2D eigenvalue weighted by molar-refractivity contribution is -0.125. The number of benzene rings is 1. The molecule has 0 radical (unpaired) electrons. The number of rotatable bonds is 6. The summed E-state index contributed by atoms with van der Waals surface area (Å²) in [6.07, 6.45) is 0. The first-order valence-electron chi connectivity index (χ1n) is 7.84. The third-order valence-corrected chi connectivity index (χ3v) is 4.49. The Morgan fingerprint density at radius 3 is 2.52 bits per heavy atom. The molecule has 0 aliphatic carbocycles. The molecule has 0 saturated heterocycles. The highest BCUT2D eigenvalue weighted by Crippen LogP contribution is 2.30. The Morgan fingerprint density at radius 2 is 1.92 bits per heavy atom. The van der Waals surface area contributed by atoms with E-state index in [1.807, 2.05) is 20.8 Å². The first-order valence-corrected chi connectivity index (χ1v) is 8.66. The van der Waals surface area contributed by atoms with Crippen molar-refractivity contribution in [2.75, 3.05) is 11.9 Å². The minimum absolute atomic E-state index is 0.0112. The number of anilines is 1. The zero-order chi connectivity index (χ0) is 18.6. The average molecular weight is 364 g/mol. The van der Waals surface area contributed by atoms with E-state index in [-0.39, 0.29) is 30.1 Å². The monoisotopic (exact) mass is 364 g/mol. The standard InChI is InChI=1S/C17H21FN4O2S/c1-9(2)14(19)16(24)20-8-13(23)21-17-22-15(10(3)25-17)11-4-6-12(18)7-5-11/h4-7,9,14H,8,19H2,1-3H3,(H,20,24)(H,21,22,23)/t14-/m0/s1. The fourth-order valence-corrected chi connectivity index (χ4v) is 2.93. The highest BCUT2D eigenvalue weighted by atomic mass is 32.1. The topological polar surface area (TPSA) is 97.1 Å². The zero-order valence-corrected chi connectivity index (χ0v) is 15.1. The number of halogens is 1. The molecule has 1 aromatic heterocycles. The SMILES string of the molecule is Cc1sc(NC(=O)CNC(=O)[C@@H](N)C(C)C)nc1-c1ccc(F)cc1. The molecule has 134 valence electrons. The normalized spacial score (nSPS) is 12.1. The second-order valence-electron chi connectivity index (χ2n) is 5.97.